The summed E-state index contributed by atoms with van der Waals surface area (Å²) in [5.41, 5.74) is 4.16. The summed E-state index contributed by atoms with van der Waals surface area (Å²) in [6, 6.07) is 9.06. The van der Waals surface area contributed by atoms with E-state index in [1.807, 2.05) is 4.52 Å². The Bertz CT molecular complexity index is 1070. The fourth-order valence-electron chi connectivity index (χ4n) is 4.95. The summed E-state index contributed by atoms with van der Waals surface area (Å²) in [6.07, 6.45) is 8.69. The van der Waals surface area contributed by atoms with Crippen LogP contribution in [0.3, 0.4) is 0 Å². The highest BCUT2D eigenvalue weighted by Crippen LogP contribution is 2.27. The molecule has 8 heteroatoms. The van der Waals surface area contributed by atoms with E-state index in [0.29, 0.717) is 12.6 Å². The molecule has 0 bridgehead atoms. The lowest BCUT2D eigenvalue weighted by molar-refractivity contribution is 0.112. The third-order valence-electron chi connectivity index (χ3n) is 6.62. The smallest absolute Gasteiger partial charge is 0.184 e. The van der Waals surface area contributed by atoms with Crippen molar-refractivity contribution in [2.45, 2.75) is 70.6 Å². The third kappa shape index (κ3) is 4.36. The van der Waals surface area contributed by atoms with Gasteiger partial charge in [0.2, 0.25) is 0 Å². The fraction of sp³-hybridized carbons (Fsp3) is 0.565. The number of ether oxygens (including phenoxy) is 1. The first-order valence-electron chi connectivity index (χ1n) is 11.5. The molecule has 0 amide bonds. The topological polar surface area (TPSA) is 67.6 Å². The first-order valence-corrected chi connectivity index (χ1v) is 11.9. The molecule has 164 valence electrons. The second kappa shape index (κ2) is 9.04. The lowest BCUT2D eigenvalue weighted by Gasteiger charge is -2.36. The van der Waals surface area contributed by atoms with E-state index in [9.17, 15) is 0 Å². The molecule has 1 aliphatic carbocycles. The lowest BCUT2D eigenvalue weighted by atomic mass is 9.94. The van der Waals surface area contributed by atoms with Crippen LogP contribution in [0.25, 0.3) is 16.6 Å². The Hall–Kier alpha value is -2.32. The summed E-state index contributed by atoms with van der Waals surface area (Å²) in [6.45, 7) is 4.46. The second-order valence-electron chi connectivity index (χ2n) is 8.89. The maximum Gasteiger partial charge on any atom is 0.184 e. The maximum absolute atomic E-state index is 5.91. The molecule has 3 heterocycles. The molecule has 2 aliphatic rings. The van der Waals surface area contributed by atoms with Crippen LogP contribution in [-0.2, 0) is 11.3 Å². The van der Waals surface area contributed by atoms with Crippen molar-refractivity contribution in [1.29, 1.82) is 0 Å². The highest BCUT2D eigenvalue weighted by Gasteiger charge is 2.26. The number of benzene rings is 1. The molecule has 0 spiro atoms. The Morgan fingerprint density at radius 1 is 1.19 bits per heavy atom. The molecule has 3 aromatic rings. The first-order chi connectivity index (χ1) is 15.2. The number of fused-ring (bicyclic) bond motifs is 3. The molecule has 0 radical (unpaired) electrons. The minimum atomic E-state index is 0.266. The standard InChI is InChI=1S/C23H30N6OS/c1-16-9-10-21-17(12-16)13-18(22-25-26-27-29(21)22)15-28(19-6-3-2-4-7-19)23(31)24-14-20-8-5-11-30-20/h9-10,12-13,19-20H,2-8,11,14-15H2,1H3,(H,24,31)/t20-/m1/s1. The van der Waals surface area contributed by atoms with E-state index in [-0.39, 0.29) is 6.10 Å². The number of pyridine rings is 1. The average Bonchev–Trinajstić information content (AvgIpc) is 3.48. The summed E-state index contributed by atoms with van der Waals surface area (Å²) in [5, 5.41) is 18.0. The number of hydrogen-bond donors (Lipinski definition) is 1. The molecule has 7 nitrogen and oxygen atoms in total. The van der Waals surface area contributed by atoms with Gasteiger partial charge in [-0.15, -0.1) is 5.10 Å². The Balaban J connectivity index is 1.45. The quantitative estimate of drug-likeness (QED) is 0.608. The van der Waals surface area contributed by atoms with Crippen LogP contribution in [0.5, 0.6) is 0 Å². The lowest BCUT2D eigenvalue weighted by Crippen LogP contribution is -2.48. The molecule has 2 aromatic heterocycles. The normalized spacial score (nSPS) is 19.8. The van der Waals surface area contributed by atoms with Crippen LogP contribution >= 0.6 is 12.2 Å². The molecular weight excluding hydrogens is 408 g/mol. The van der Waals surface area contributed by atoms with Crippen molar-refractivity contribution in [1.82, 2.24) is 30.3 Å². The van der Waals surface area contributed by atoms with Gasteiger partial charge >= 0.3 is 0 Å². The minimum Gasteiger partial charge on any atom is -0.376 e. The number of thiocarbonyl (C=S) groups is 1. The Labute approximate surface area is 188 Å². The Morgan fingerprint density at radius 2 is 2.06 bits per heavy atom. The van der Waals surface area contributed by atoms with E-state index < -0.39 is 0 Å². The predicted octanol–water partition coefficient (Wildman–Crippen LogP) is 3.77. The summed E-state index contributed by atoms with van der Waals surface area (Å²) in [7, 11) is 0. The molecule has 1 aliphatic heterocycles. The molecule has 1 saturated heterocycles. The van der Waals surface area contributed by atoms with Crippen molar-refractivity contribution >= 4 is 33.9 Å². The van der Waals surface area contributed by atoms with Crippen molar-refractivity contribution in [3.8, 4) is 0 Å². The van der Waals surface area contributed by atoms with Gasteiger partial charge in [0, 0.05) is 36.7 Å². The molecule has 31 heavy (non-hydrogen) atoms. The molecule has 0 unspecified atom stereocenters. The van der Waals surface area contributed by atoms with Gasteiger partial charge in [0.15, 0.2) is 10.8 Å². The van der Waals surface area contributed by atoms with Gasteiger partial charge in [-0.25, -0.2) is 0 Å². The van der Waals surface area contributed by atoms with Gasteiger partial charge in [-0.1, -0.05) is 30.9 Å². The van der Waals surface area contributed by atoms with Crippen molar-refractivity contribution in [2.24, 2.45) is 0 Å². The molecule has 5 rings (SSSR count). The summed E-state index contributed by atoms with van der Waals surface area (Å²) in [5.74, 6) is 0. The predicted molar refractivity (Wildman–Crippen MR) is 125 cm³/mol. The van der Waals surface area contributed by atoms with Crippen LogP contribution in [0.4, 0.5) is 0 Å². The van der Waals surface area contributed by atoms with E-state index in [0.717, 1.165) is 53.2 Å². The fourth-order valence-corrected chi connectivity index (χ4v) is 5.25. The largest absolute Gasteiger partial charge is 0.376 e. The van der Waals surface area contributed by atoms with Gasteiger partial charge in [0.05, 0.1) is 11.6 Å². The van der Waals surface area contributed by atoms with Crippen molar-refractivity contribution < 1.29 is 4.74 Å². The van der Waals surface area contributed by atoms with Crippen molar-refractivity contribution in [3.63, 3.8) is 0 Å². The summed E-state index contributed by atoms with van der Waals surface area (Å²) < 4.78 is 7.64. The number of rotatable bonds is 5. The van der Waals surface area contributed by atoms with Gasteiger partial charge in [-0.05, 0) is 73.5 Å². The number of hydrogen-bond acceptors (Lipinski definition) is 5. The van der Waals surface area contributed by atoms with Gasteiger partial charge < -0.3 is 15.0 Å². The van der Waals surface area contributed by atoms with Crippen molar-refractivity contribution in [2.75, 3.05) is 13.2 Å². The van der Waals surface area contributed by atoms with Crippen LogP contribution in [0.1, 0.15) is 56.1 Å². The zero-order chi connectivity index (χ0) is 21.2. The maximum atomic E-state index is 5.91. The molecule has 1 N–H and O–H groups in total. The number of aromatic nitrogens is 4. The van der Waals surface area contributed by atoms with E-state index in [1.54, 1.807) is 0 Å². The number of nitrogens with one attached hydrogen (secondary N) is 1. The zero-order valence-corrected chi connectivity index (χ0v) is 18.9. The minimum absolute atomic E-state index is 0.266. The van der Waals surface area contributed by atoms with E-state index in [1.165, 1.54) is 37.7 Å². The molecule has 2 fully saturated rings. The van der Waals surface area contributed by atoms with Gasteiger partial charge in [-0.3, -0.25) is 0 Å². The highest BCUT2D eigenvalue weighted by molar-refractivity contribution is 7.80. The van der Waals surface area contributed by atoms with Crippen LogP contribution in [0.15, 0.2) is 24.3 Å². The Morgan fingerprint density at radius 3 is 2.87 bits per heavy atom. The summed E-state index contributed by atoms with van der Waals surface area (Å²) in [4.78, 5) is 2.37. The van der Waals surface area contributed by atoms with Crippen LogP contribution in [0, 0.1) is 6.92 Å². The Kier molecular flexibility index (Phi) is 6.00. The van der Waals surface area contributed by atoms with Gasteiger partial charge in [0.1, 0.15) is 0 Å². The van der Waals surface area contributed by atoms with Crippen LogP contribution in [-0.4, -0.2) is 55.4 Å². The average molecular weight is 439 g/mol. The molecule has 1 saturated carbocycles. The highest BCUT2D eigenvalue weighted by atomic mass is 32.1. The monoisotopic (exact) mass is 438 g/mol. The van der Waals surface area contributed by atoms with Gasteiger partial charge in [-0.2, -0.15) is 4.52 Å². The van der Waals surface area contributed by atoms with Crippen LogP contribution in [0.2, 0.25) is 0 Å². The molecular formula is C23H30N6OS. The molecule has 1 aromatic carbocycles. The van der Waals surface area contributed by atoms with Gasteiger partial charge in [0.25, 0.3) is 0 Å². The first kappa shape index (κ1) is 20.6. The van der Waals surface area contributed by atoms with E-state index in [2.05, 4.69) is 56.9 Å². The third-order valence-corrected chi connectivity index (χ3v) is 7.00. The van der Waals surface area contributed by atoms with Crippen molar-refractivity contribution in [3.05, 3.63) is 35.4 Å². The number of aryl methyl sites for hydroxylation is 1. The molecule has 1 atom stereocenters. The zero-order valence-electron chi connectivity index (χ0n) is 18.1. The second-order valence-corrected chi connectivity index (χ2v) is 9.27. The van der Waals surface area contributed by atoms with E-state index >= 15 is 0 Å². The van der Waals surface area contributed by atoms with E-state index in [4.69, 9.17) is 17.0 Å². The number of nitrogens with zero attached hydrogens (tertiary/aromatic N) is 5. The van der Waals surface area contributed by atoms with Crippen LogP contribution < -0.4 is 5.32 Å². The SMILES string of the molecule is Cc1ccc2c(c1)cc(CN(C(=S)NC[C@H]1CCCO1)C1CCCCC1)c1nnnn12. The summed E-state index contributed by atoms with van der Waals surface area (Å²) >= 11 is 5.91. The number of tetrazole rings is 1.